The molecule has 3 nitrogen and oxygen atoms in total. The maximum atomic E-state index is 10.1. The molecule has 1 N–H and O–H groups in total. The summed E-state index contributed by atoms with van der Waals surface area (Å²) in [5, 5.41) is 13.5. The molecule has 0 heterocycles. The molecule has 0 unspecified atom stereocenters. The number of hydrogen-bond donors (Lipinski definition) is 1. The van der Waals surface area contributed by atoms with Crippen LogP contribution in [0.15, 0.2) is 18.2 Å². The Balaban J connectivity index is 0.00000169. The molecule has 0 saturated heterocycles. The van der Waals surface area contributed by atoms with Crippen molar-refractivity contribution in [3.05, 3.63) is 28.2 Å². The third kappa shape index (κ3) is 4.07. The van der Waals surface area contributed by atoms with Crippen LogP contribution in [0.3, 0.4) is 0 Å². The number of hydrogen-bond acceptors (Lipinski definition) is 3. The summed E-state index contributed by atoms with van der Waals surface area (Å²) in [6.07, 6.45) is 0. The number of para-hydroxylation sites is 1. The first-order valence-electron chi connectivity index (χ1n) is 3.49. The summed E-state index contributed by atoms with van der Waals surface area (Å²) in [5.74, 6) is -1.21. The molecule has 14 heavy (non-hydrogen) atoms. The summed E-state index contributed by atoms with van der Waals surface area (Å²) in [6.45, 7) is -0.316. The summed E-state index contributed by atoms with van der Waals surface area (Å²) < 4.78 is 0. The predicted octanol–water partition coefficient (Wildman–Crippen LogP) is -1.84. The molecule has 0 saturated carbocycles. The summed E-state index contributed by atoms with van der Waals surface area (Å²) >= 11 is 11.5. The predicted molar refractivity (Wildman–Crippen MR) is 50.0 cm³/mol. The molecule has 6 heteroatoms. The first-order chi connectivity index (χ1) is 6.11. The SMILES string of the molecule is O=C([O-])CNc1c(Cl)cccc1Cl.[Na+]. The van der Waals surface area contributed by atoms with Gasteiger partial charge in [0.2, 0.25) is 0 Å². The maximum absolute atomic E-state index is 10.1. The molecule has 0 aliphatic rings. The Kier molecular flexibility index (Phi) is 6.57. The van der Waals surface area contributed by atoms with E-state index in [0.717, 1.165) is 0 Å². The van der Waals surface area contributed by atoms with E-state index in [0.29, 0.717) is 15.7 Å². The van der Waals surface area contributed by atoms with Crippen LogP contribution in [-0.2, 0) is 4.79 Å². The minimum Gasteiger partial charge on any atom is -0.548 e. The minimum absolute atomic E-state index is 0. The van der Waals surface area contributed by atoms with E-state index < -0.39 is 5.97 Å². The minimum atomic E-state index is -1.21. The molecule has 0 spiro atoms. The molecule has 0 aliphatic heterocycles. The van der Waals surface area contributed by atoms with Crippen molar-refractivity contribution in [2.45, 2.75) is 0 Å². The summed E-state index contributed by atoms with van der Waals surface area (Å²) in [4.78, 5) is 10.1. The van der Waals surface area contributed by atoms with Gasteiger partial charge in [0, 0.05) is 0 Å². The topological polar surface area (TPSA) is 52.2 Å². The summed E-state index contributed by atoms with van der Waals surface area (Å²) in [5.41, 5.74) is 0.412. The van der Waals surface area contributed by atoms with E-state index in [9.17, 15) is 9.90 Å². The van der Waals surface area contributed by atoms with E-state index in [-0.39, 0.29) is 36.1 Å². The van der Waals surface area contributed by atoms with Gasteiger partial charge >= 0.3 is 29.6 Å². The zero-order valence-electron chi connectivity index (χ0n) is 7.51. The molecule has 0 radical (unpaired) electrons. The van der Waals surface area contributed by atoms with Crippen LogP contribution in [0, 0.1) is 0 Å². The summed E-state index contributed by atoms with van der Waals surface area (Å²) in [7, 11) is 0. The molecule has 1 rings (SSSR count). The first kappa shape index (κ1) is 14.1. The van der Waals surface area contributed by atoms with Gasteiger partial charge in [0.05, 0.1) is 28.2 Å². The number of carbonyl (C=O) groups is 1. The van der Waals surface area contributed by atoms with Gasteiger partial charge in [-0.3, -0.25) is 0 Å². The van der Waals surface area contributed by atoms with E-state index in [1.54, 1.807) is 18.2 Å². The Hall–Kier alpha value is 0.0700. The molecule has 0 aromatic heterocycles. The van der Waals surface area contributed by atoms with E-state index in [2.05, 4.69) is 5.32 Å². The fourth-order valence-corrected chi connectivity index (χ4v) is 1.36. The average Bonchev–Trinajstić information content (AvgIpc) is 2.03. The van der Waals surface area contributed by atoms with Gasteiger partial charge in [0.25, 0.3) is 0 Å². The van der Waals surface area contributed by atoms with Crippen molar-refractivity contribution in [3.63, 3.8) is 0 Å². The Morgan fingerprint density at radius 1 is 1.36 bits per heavy atom. The molecule has 70 valence electrons. The Labute approximate surface area is 114 Å². The van der Waals surface area contributed by atoms with Crippen molar-refractivity contribution < 1.29 is 39.5 Å². The van der Waals surface area contributed by atoms with Crippen LogP contribution in [0.5, 0.6) is 0 Å². The van der Waals surface area contributed by atoms with Crippen LogP contribution in [0.25, 0.3) is 0 Å². The van der Waals surface area contributed by atoms with Gasteiger partial charge in [-0.05, 0) is 12.1 Å². The molecule has 1 aromatic carbocycles. The van der Waals surface area contributed by atoms with Crippen LogP contribution in [0.2, 0.25) is 10.0 Å². The first-order valence-corrected chi connectivity index (χ1v) is 4.24. The third-order valence-electron chi connectivity index (χ3n) is 1.37. The average molecular weight is 242 g/mol. The molecule has 0 fully saturated rings. The van der Waals surface area contributed by atoms with Crippen molar-refractivity contribution in [2.75, 3.05) is 11.9 Å². The van der Waals surface area contributed by atoms with Gasteiger partial charge in [0.15, 0.2) is 0 Å². The largest absolute Gasteiger partial charge is 1.00 e. The monoisotopic (exact) mass is 241 g/mol. The van der Waals surface area contributed by atoms with Crippen LogP contribution in [-0.4, -0.2) is 12.5 Å². The van der Waals surface area contributed by atoms with Gasteiger partial charge in [-0.25, -0.2) is 0 Å². The number of anilines is 1. The maximum Gasteiger partial charge on any atom is 1.00 e. The van der Waals surface area contributed by atoms with Crippen LogP contribution in [0.4, 0.5) is 5.69 Å². The Morgan fingerprint density at radius 2 is 1.86 bits per heavy atom. The van der Waals surface area contributed by atoms with Crippen molar-refractivity contribution in [2.24, 2.45) is 0 Å². The van der Waals surface area contributed by atoms with Crippen LogP contribution < -0.4 is 40.0 Å². The molecular weight excluding hydrogens is 236 g/mol. The fraction of sp³-hybridized carbons (Fsp3) is 0.125. The number of carbonyl (C=O) groups excluding carboxylic acids is 1. The second-order valence-electron chi connectivity index (χ2n) is 2.32. The van der Waals surface area contributed by atoms with Crippen molar-refractivity contribution in [3.8, 4) is 0 Å². The van der Waals surface area contributed by atoms with Gasteiger partial charge in [-0.1, -0.05) is 29.3 Å². The van der Waals surface area contributed by atoms with Crippen LogP contribution in [0.1, 0.15) is 0 Å². The second-order valence-corrected chi connectivity index (χ2v) is 3.14. The quantitative estimate of drug-likeness (QED) is 0.633. The van der Waals surface area contributed by atoms with Crippen LogP contribution >= 0.6 is 23.2 Å². The molecular formula is C8H6Cl2NNaO2. The second kappa shape index (κ2) is 6.53. The van der Waals surface area contributed by atoms with E-state index >= 15 is 0 Å². The Morgan fingerprint density at radius 3 is 2.29 bits per heavy atom. The number of nitrogens with one attached hydrogen (secondary N) is 1. The normalized spacial score (nSPS) is 9.00. The van der Waals surface area contributed by atoms with Gasteiger partial charge in [-0.15, -0.1) is 0 Å². The van der Waals surface area contributed by atoms with Crippen molar-refractivity contribution in [1.82, 2.24) is 0 Å². The Bertz CT molecular complexity index is 313. The van der Waals surface area contributed by atoms with E-state index in [1.165, 1.54) is 0 Å². The standard InChI is InChI=1S/C8H7Cl2NO2.Na/c9-5-2-1-3-6(10)8(5)11-4-7(12)13;/h1-3,11H,4H2,(H,12,13);/q;+1/p-1. The summed E-state index contributed by atoms with van der Waals surface area (Å²) in [6, 6.07) is 4.91. The number of halogens is 2. The number of aliphatic carboxylic acids is 1. The molecule has 1 aromatic rings. The molecule has 0 atom stereocenters. The number of rotatable bonds is 3. The van der Waals surface area contributed by atoms with Crippen molar-refractivity contribution in [1.29, 1.82) is 0 Å². The fourth-order valence-electron chi connectivity index (χ4n) is 0.827. The zero-order chi connectivity index (χ0) is 9.84. The number of benzene rings is 1. The number of carboxylic acid groups (broad SMARTS) is 1. The van der Waals surface area contributed by atoms with E-state index in [4.69, 9.17) is 23.2 Å². The van der Waals surface area contributed by atoms with Gasteiger partial charge < -0.3 is 15.2 Å². The molecule has 0 bridgehead atoms. The zero-order valence-corrected chi connectivity index (χ0v) is 11.0. The number of carboxylic acids is 1. The van der Waals surface area contributed by atoms with E-state index in [1.807, 2.05) is 0 Å². The van der Waals surface area contributed by atoms with Gasteiger partial charge in [-0.2, -0.15) is 0 Å². The van der Waals surface area contributed by atoms with Gasteiger partial charge in [0.1, 0.15) is 0 Å². The third-order valence-corrected chi connectivity index (χ3v) is 2.00. The van der Waals surface area contributed by atoms with Crippen molar-refractivity contribution >= 4 is 34.9 Å². The smallest absolute Gasteiger partial charge is 0.548 e. The molecule has 0 aliphatic carbocycles. The molecule has 0 amide bonds.